The van der Waals surface area contributed by atoms with Gasteiger partial charge in [0.2, 0.25) is 0 Å². The number of ether oxygens (including phenoxy) is 1. The largest absolute Gasteiger partial charge is 0.490 e. The van der Waals surface area contributed by atoms with Crippen LogP contribution in [0.3, 0.4) is 0 Å². The summed E-state index contributed by atoms with van der Waals surface area (Å²) in [5.41, 5.74) is 0.868. The molecule has 0 radical (unpaired) electrons. The van der Waals surface area contributed by atoms with Crippen LogP contribution in [0, 0.1) is 11.7 Å². The third-order valence-corrected chi connectivity index (χ3v) is 3.38. The highest BCUT2D eigenvalue weighted by molar-refractivity contribution is 5.35. The molecule has 1 aromatic rings. The minimum absolute atomic E-state index is 0.130. The molecule has 2 N–H and O–H groups in total. The maximum atomic E-state index is 13.0. The van der Waals surface area contributed by atoms with E-state index in [0.29, 0.717) is 5.75 Å². The average molecular weight is 240 g/mol. The Hall–Kier alpha value is -1.13. The van der Waals surface area contributed by atoms with Gasteiger partial charge >= 0.3 is 0 Å². The van der Waals surface area contributed by atoms with Gasteiger partial charge in [0.15, 0.2) is 0 Å². The lowest BCUT2D eigenvalue weighted by Crippen LogP contribution is -2.37. The van der Waals surface area contributed by atoms with E-state index in [4.69, 9.17) is 9.84 Å². The Morgan fingerprint density at radius 2 is 2.29 bits per heavy atom. The molecule has 0 saturated heterocycles. The first-order chi connectivity index (χ1) is 8.11. The molecule has 0 saturated carbocycles. The van der Waals surface area contributed by atoms with E-state index in [2.05, 4.69) is 0 Å². The van der Waals surface area contributed by atoms with E-state index in [1.807, 2.05) is 6.92 Å². The minimum Gasteiger partial charge on any atom is -0.490 e. The molecule has 0 aromatic heterocycles. The standard InChI is InChI=1S/C13H17FO3/c1-8(11(16)7-15)12-4-2-9-6-10(14)3-5-13(9)17-12/h3,5-6,8,11-12,15-16H,2,4,7H2,1H3/t8?,11-,12+/m0/s1. The second kappa shape index (κ2) is 5.02. The molecule has 4 heteroatoms. The first-order valence-electron chi connectivity index (χ1n) is 5.86. The summed E-state index contributed by atoms with van der Waals surface area (Å²) in [6.07, 6.45) is 0.562. The second-order valence-corrected chi connectivity index (χ2v) is 4.56. The van der Waals surface area contributed by atoms with E-state index < -0.39 is 6.10 Å². The summed E-state index contributed by atoms with van der Waals surface area (Å²) < 4.78 is 18.7. The smallest absolute Gasteiger partial charge is 0.123 e. The van der Waals surface area contributed by atoms with Crippen LogP contribution < -0.4 is 4.74 Å². The number of hydrogen-bond acceptors (Lipinski definition) is 3. The molecule has 0 amide bonds. The van der Waals surface area contributed by atoms with Crippen LogP contribution in [0.4, 0.5) is 4.39 Å². The van der Waals surface area contributed by atoms with Crippen molar-refractivity contribution >= 4 is 0 Å². The summed E-state index contributed by atoms with van der Waals surface area (Å²) in [6, 6.07) is 4.47. The molecule has 3 atom stereocenters. The van der Waals surface area contributed by atoms with E-state index in [9.17, 15) is 9.50 Å². The van der Waals surface area contributed by atoms with Gasteiger partial charge in [-0.05, 0) is 36.6 Å². The Labute approximate surface area is 99.8 Å². The van der Waals surface area contributed by atoms with Crippen LogP contribution in [0.5, 0.6) is 5.75 Å². The number of aliphatic hydroxyl groups is 2. The van der Waals surface area contributed by atoms with Gasteiger partial charge in [0, 0.05) is 5.92 Å². The third kappa shape index (κ3) is 2.58. The SMILES string of the molecule is CC([C@@H](O)CO)[C@H]1CCc2cc(F)ccc2O1. The van der Waals surface area contributed by atoms with Crippen molar-refractivity contribution < 1.29 is 19.3 Å². The van der Waals surface area contributed by atoms with Crippen molar-refractivity contribution in [2.45, 2.75) is 32.0 Å². The van der Waals surface area contributed by atoms with Gasteiger partial charge in [-0.2, -0.15) is 0 Å². The lowest BCUT2D eigenvalue weighted by Gasteiger charge is -2.32. The summed E-state index contributed by atoms with van der Waals surface area (Å²) in [4.78, 5) is 0. The number of aliphatic hydroxyl groups excluding tert-OH is 2. The first-order valence-corrected chi connectivity index (χ1v) is 5.86. The average Bonchev–Trinajstić information content (AvgIpc) is 2.36. The Balaban J connectivity index is 2.11. The molecule has 1 aliphatic heterocycles. The lowest BCUT2D eigenvalue weighted by molar-refractivity contribution is -0.00493. The number of aryl methyl sites for hydroxylation is 1. The molecular weight excluding hydrogens is 223 g/mol. The van der Waals surface area contributed by atoms with Gasteiger partial charge in [0.1, 0.15) is 17.7 Å². The Morgan fingerprint density at radius 3 is 3.00 bits per heavy atom. The van der Waals surface area contributed by atoms with Crippen LogP contribution in [0.25, 0.3) is 0 Å². The highest BCUT2D eigenvalue weighted by Gasteiger charge is 2.29. The molecule has 1 aliphatic rings. The maximum absolute atomic E-state index is 13.0. The number of halogens is 1. The van der Waals surface area contributed by atoms with Crippen molar-refractivity contribution in [1.82, 2.24) is 0 Å². The zero-order chi connectivity index (χ0) is 12.4. The van der Waals surface area contributed by atoms with Gasteiger partial charge in [0.25, 0.3) is 0 Å². The summed E-state index contributed by atoms with van der Waals surface area (Å²) in [6.45, 7) is 1.58. The lowest BCUT2D eigenvalue weighted by atomic mass is 9.91. The van der Waals surface area contributed by atoms with Crippen molar-refractivity contribution in [1.29, 1.82) is 0 Å². The highest BCUT2D eigenvalue weighted by atomic mass is 19.1. The summed E-state index contributed by atoms with van der Waals surface area (Å²) in [7, 11) is 0. The molecule has 2 rings (SSSR count). The molecule has 0 spiro atoms. The van der Waals surface area contributed by atoms with Gasteiger partial charge < -0.3 is 14.9 Å². The zero-order valence-electron chi connectivity index (χ0n) is 9.77. The van der Waals surface area contributed by atoms with Gasteiger partial charge in [-0.3, -0.25) is 0 Å². The molecule has 1 heterocycles. The number of benzene rings is 1. The van der Waals surface area contributed by atoms with E-state index >= 15 is 0 Å². The van der Waals surface area contributed by atoms with E-state index in [0.717, 1.165) is 18.4 Å². The highest BCUT2D eigenvalue weighted by Crippen LogP contribution is 2.31. The maximum Gasteiger partial charge on any atom is 0.123 e. The van der Waals surface area contributed by atoms with Crippen molar-refractivity contribution in [2.75, 3.05) is 6.61 Å². The van der Waals surface area contributed by atoms with Crippen LogP contribution in [-0.4, -0.2) is 29.0 Å². The topological polar surface area (TPSA) is 49.7 Å². The second-order valence-electron chi connectivity index (χ2n) is 4.56. The van der Waals surface area contributed by atoms with Crippen LogP contribution in [0.15, 0.2) is 18.2 Å². The first kappa shape index (κ1) is 12.3. The summed E-state index contributed by atoms with van der Waals surface area (Å²) in [5.74, 6) is 0.284. The number of fused-ring (bicyclic) bond motifs is 1. The molecule has 1 unspecified atom stereocenters. The molecule has 3 nitrogen and oxygen atoms in total. The molecule has 1 aromatic carbocycles. The van der Waals surface area contributed by atoms with Crippen LogP contribution in [0.1, 0.15) is 18.9 Å². The van der Waals surface area contributed by atoms with Crippen molar-refractivity contribution in [3.63, 3.8) is 0 Å². The van der Waals surface area contributed by atoms with Crippen molar-refractivity contribution in [3.8, 4) is 5.75 Å². The molecule has 0 bridgehead atoms. The van der Waals surface area contributed by atoms with Gasteiger partial charge in [0.05, 0.1) is 12.7 Å². The van der Waals surface area contributed by atoms with Gasteiger partial charge in [-0.25, -0.2) is 4.39 Å². The van der Waals surface area contributed by atoms with E-state index in [1.54, 1.807) is 6.07 Å². The van der Waals surface area contributed by atoms with Gasteiger partial charge in [-0.1, -0.05) is 6.92 Å². The zero-order valence-corrected chi connectivity index (χ0v) is 9.77. The molecule has 94 valence electrons. The summed E-state index contributed by atoms with van der Waals surface area (Å²) >= 11 is 0. The fourth-order valence-corrected chi connectivity index (χ4v) is 2.16. The van der Waals surface area contributed by atoms with E-state index in [-0.39, 0.29) is 24.4 Å². The molecular formula is C13H17FO3. The fourth-order valence-electron chi connectivity index (χ4n) is 2.16. The fraction of sp³-hybridized carbons (Fsp3) is 0.538. The summed E-state index contributed by atoms with van der Waals surface area (Å²) in [5, 5.41) is 18.5. The van der Waals surface area contributed by atoms with Crippen LogP contribution in [-0.2, 0) is 6.42 Å². The minimum atomic E-state index is -0.776. The van der Waals surface area contributed by atoms with Gasteiger partial charge in [-0.15, -0.1) is 0 Å². The quantitative estimate of drug-likeness (QED) is 0.842. The Bertz CT molecular complexity index is 394. The Morgan fingerprint density at radius 1 is 1.53 bits per heavy atom. The monoisotopic (exact) mass is 240 g/mol. The number of hydrogen-bond donors (Lipinski definition) is 2. The molecule has 0 fully saturated rings. The van der Waals surface area contributed by atoms with Crippen molar-refractivity contribution in [2.24, 2.45) is 5.92 Å². The Kier molecular flexibility index (Phi) is 3.64. The van der Waals surface area contributed by atoms with Crippen LogP contribution >= 0.6 is 0 Å². The predicted molar refractivity (Wildman–Crippen MR) is 61.4 cm³/mol. The molecule has 17 heavy (non-hydrogen) atoms. The van der Waals surface area contributed by atoms with E-state index in [1.165, 1.54) is 12.1 Å². The molecule has 0 aliphatic carbocycles. The van der Waals surface area contributed by atoms with Crippen molar-refractivity contribution in [3.05, 3.63) is 29.6 Å². The predicted octanol–water partition coefficient (Wildman–Crippen LogP) is 1.51. The number of rotatable bonds is 3. The third-order valence-electron chi connectivity index (χ3n) is 3.38. The normalized spacial score (nSPS) is 22.5. The van der Waals surface area contributed by atoms with Crippen LogP contribution in [0.2, 0.25) is 0 Å².